The largest absolute Gasteiger partial charge is 0.378 e. The number of nitrogens with zero attached hydrogens (tertiary/aromatic N) is 2. The Morgan fingerprint density at radius 2 is 2.25 bits per heavy atom. The van der Waals surface area contributed by atoms with E-state index in [0.29, 0.717) is 13.2 Å². The van der Waals surface area contributed by atoms with Gasteiger partial charge in [0.1, 0.15) is 5.82 Å². The van der Waals surface area contributed by atoms with Crippen molar-refractivity contribution in [2.75, 3.05) is 13.2 Å². The molecule has 0 saturated carbocycles. The third-order valence-corrected chi connectivity index (χ3v) is 4.88. The lowest BCUT2D eigenvalue weighted by Crippen LogP contribution is -2.38. The van der Waals surface area contributed by atoms with Gasteiger partial charge in [-0.15, -0.1) is 0 Å². The van der Waals surface area contributed by atoms with Gasteiger partial charge in [0, 0.05) is 32.5 Å². The first-order chi connectivity index (χ1) is 11.7. The van der Waals surface area contributed by atoms with E-state index >= 15 is 0 Å². The number of rotatable bonds is 6. The van der Waals surface area contributed by atoms with Crippen molar-refractivity contribution >= 4 is 16.9 Å². The van der Waals surface area contributed by atoms with Crippen molar-refractivity contribution in [3.05, 3.63) is 30.1 Å². The molecule has 1 saturated heterocycles. The Morgan fingerprint density at radius 3 is 3.04 bits per heavy atom. The van der Waals surface area contributed by atoms with Crippen LogP contribution in [0.4, 0.5) is 0 Å². The average Bonchev–Trinajstić information content (AvgIpc) is 2.92. The molecule has 2 atom stereocenters. The van der Waals surface area contributed by atoms with Gasteiger partial charge in [0.15, 0.2) is 0 Å². The van der Waals surface area contributed by atoms with E-state index in [4.69, 9.17) is 4.74 Å². The highest BCUT2D eigenvalue weighted by atomic mass is 16.5. The van der Waals surface area contributed by atoms with Crippen molar-refractivity contribution in [2.24, 2.45) is 13.0 Å². The van der Waals surface area contributed by atoms with Crippen LogP contribution in [0, 0.1) is 5.92 Å². The summed E-state index contributed by atoms with van der Waals surface area (Å²) in [4.78, 5) is 17.1. The molecule has 1 aliphatic rings. The van der Waals surface area contributed by atoms with Gasteiger partial charge in [0.25, 0.3) is 0 Å². The highest BCUT2D eigenvalue weighted by Crippen LogP contribution is 2.23. The second-order valence-corrected chi connectivity index (χ2v) is 6.62. The summed E-state index contributed by atoms with van der Waals surface area (Å²) >= 11 is 0. The number of carbonyl (C=O) groups excluding carboxylic acids is 1. The second kappa shape index (κ2) is 7.79. The van der Waals surface area contributed by atoms with Crippen LogP contribution in [0.2, 0.25) is 0 Å². The van der Waals surface area contributed by atoms with Crippen LogP contribution in [-0.4, -0.2) is 34.7 Å². The van der Waals surface area contributed by atoms with Crippen molar-refractivity contribution < 1.29 is 9.53 Å². The lowest BCUT2D eigenvalue weighted by Gasteiger charge is -2.28. The van der Waals surface area contributed by atoms with Crippen LogP contribution in [0.15, 0.2) is 24.3 Å². The fourth-order valence-corrected chi connectivity index (χ4v) is 3.50. The SMILES string of the molecule is CCC[C@H]1C[C@H](C(=O)NCCc2nc3ccccc3n2C)CCO1. The molecular formula is C19H27N3O2. The van der Waals surface area contributed by atoms with E-state index < -0.39 is 0 Å². The summed E-state index contributed by atoms with van der Waals surface area (Å²) in [6.45, 7) is 3.49. The van der Waals surface area contributed by atoms with Crippen LogP contribution in [0.1, 0.15) is 38.4 Å². The zero-order chi connectivity index (χ0) is 16.9. The number of nitrogens with one attached hydrogen (secondary N) is 1. The minimum atomic E-state index is 0.0933. The number of amides is 1. The van der Waals surface area contributed by atoms with E-state index in [0.717, 1.165) is 49.0 Å². The lowest BCUT2D eigenvalue weighted by molar-refractivity contribution is -0.130. The van der Waals surface area contributed by atoms with Gasteiger partial charge >= 0.3 is 0 Å². The van der Waals surface area contributed by atoms with Crippen LogP contribution in [-0.2, 0) is 23.0 Å². The fraction of sp³-hybridized carbons (Fsp3) is 0.579. The molecule has 0 aliphatic carbocycles. The molecule has 2 heterocycles. The minimum absolute atomic E-state index is 0.0933. The molecule has 130 valence electrons. The van der Waals surface area contributed by atoms with Gasteiger partial charge in [-0.05, 0) is 31.4 Å². The third kappa shape index (κ3) is 3.78. The Balaban J connectivity index is 1.52. The zero-order valence-corrected chi connectivity index (χ0v) is 14.6. The molecular weight excluding hydrogens is 302 g/mol. The molecule has 0 unspecified atom stereocenters. The molecule has 0 bridgehead atoms. The highest BCUT2D eigenvalue weighted by molar-refractivity contribution is 5.79. The maximum absolute atomic E-state index is 12.4. The number of hydrogen-bond donors (Lipinski definition) is 1. The number of para-hydroxylation sites is 2. The topological polar surface area (TPSA) is 56.2 Å². The normalized spacial score (nSPS) is 21.1. The van der Waals surface area contributed by atoms with E-state index in [1.54, 1.807) is 0 Å². The molecule has 3 rings (SSSR count). The summed E-state index contributed by atoms with van der Waals surface area (Å²) < 4.78 is 7.83. The number of hydrogen-bond acceptors (Lipinski definition) is 3. The maximum atomic E-state index is 12.4. The molecule has 1 amide bonds. The van der Waals surface area contributed by atoms with Gasteiger partial charge in [-0.2, -0.15) is 0 Å². The van der Waals surface area contributed by atoms with E-state index in [1.807, 2.05) is 25.2 Å². The first kappa shape index (κ1) is 17.0. The van der Waals surface area contributed by atoms with Crippen LogP contribution >= 0.6 is 0 Å². The summed E-state index contributed by atoms with van der Waals surface area (Å²) in [5, 5.41) is 3.09. The zero-order valence-electron chi connectivity index (χ0n) is 14.6. The second-order valence-electron chi connectivity index (χ2n) is 6.62. The number of ether oxygens (including phenoxy) is 1. The van der Waals surface area contributed by atoms with Crippen molar-refractivity contribution in [1.29, 1.82) is 0 Å². The third-order valence-electron chi connectivity index (χ3n) is 4.88. The Labute approximate surface area is 143 Å². The first-order valence-electron chi connectivity index (χ1n) is 8.98. The Hall–Kier alpha value is -1.88. The molecule has 0 spiro atoms. The molecule has 0 radical (unpaired) electrons. The van der Waals surface area contributed by atoms with Crippen LogP contribution < -0.4 is 5.32 Å². The summed E-state index contributed by atoms with van der Waals surface area (Å²) in [6, 6.07) is 8.11. The number of aryl methyl sites for hydroxylation is 1. The summed E-state index contributed by atoms with van der Waals surface area (Å²) in [5.74, 6) is 1.27. The van der Waals surface area contributed by atoms with E-state index in [2.05, 4.69) is 27.9 Å². The number of carbonyl (C=O) groups is 1. The van der Waals surface area contributed by atoms with E-state index in [1.165, 1.54) is 0 Å². The van der Waals surface area contributed by atoms with E-state index in [9.17, 15) is 4.79 Å². The molecule has 1 fully saturated rings. The number of imidazole rings is 1. The lowest BCUT2D eigenvalue weighted by atomic mass is 9.93. The maximum Gasteiger partial charge on any atom is 0.223 e. The monoisotopic (exact) mass is 329 g/mol. The minimum Gasteiger partial charge on any atom is -0.378 e. The molecule has 1 aliphatic heterocycles. The Bertz CT molecular complexity index is 693. The molecule has 2 aromatic rings. The van der Waals surface area contributed by atoms with Gasteiger partial charge in [0.2, 0.25) is 5.91 Å². The first-order valence-corrected chi connectivity index (χ1v) is 8.98. The summed E-state index contributed by atoms with van der Waals surface area (Å²) in [6.07, 6.45) is 4.83. The van der Waals surface area contributed by atoms with Gasteiger partial charge in [0.05, 0.1) is 17.1 Å². The average molecular weight is 329 g/mol. The molecule has 1 aromatic carbocycles. The van der Waals surface area contributed by atoms with Gasteiger partial charge in [-0.3, -0.25) is 4.79 Å². The van der Waals surface area contributed by atoms with Gasteiger partial charge in [-0.1, -0.05) is 25.5 Å². The van der Waals surface area contributed by atoms with Crippen molar-refractivity contribution in [3.63, 3.8) is 0 Å². The van der Waals surface area contributed by atoms with Crippen molar-refractivity contribution in [1.82, 2.24) is 14.9 Å². The molecule has 5 nitrogen and oxygen atoms in total. The Kier molecular flexibility index (Phi) is 5.51. The molecule has 1 aromatic heterocycles. The van der Waals surface area contributed by atoms with Crippen molar-refractivity contribution in [3.8, 4) is 0 Å². The van der Waals surface area contributed by atoms with Gasteiger partial charge in [-0.25, -0.2) is 4.98 Å². The quantitative estimate of drug-likeness (QED) is 0.886. The smallest absolute Gasteiger partial charge is 0.223 e. The van der Waals surface area contributed by atoms with Crippen LogP contribution in [0.25, 0.3) is 11.0 Å². The highest BCUT2D eigenvalue weighted by Gasteiger charge is 2.27. The number of benzene rings is 1. The molecule has 5 heteroatoms. The molecule has 1 N–H and O–H groups in total. The van der Waals surface area contributed by atoms with Crippen LogP contribution in [0.5, 0.6) is 0 Å². The predicted molar refractivity (Wildman–Crippen MR) is 94.8 cm³/mol. The predicted octanol–water partition coefficient (Wildman–Crippen LogP) is 2.83. The summed E-state index contributed by atoms with van der Waals surface area (Å²) in [7, 11) is 2.03. The van der Waals surface area contributed by atoms with E-state index in [-0.39, 0.29) is 17.9 Å². The number of aromatic nitrogens is 2. The standard InChI is InChI=1S/C19H27N3O2/c1-3-6-15-13-14(10-12-24-15)19(23)20-11-9-18-21-16-7-4-5-8-17(16)22(18)2/h4-5,7-8,14-15H,3,6,9-13H2,1-2H3,(H,20,23)/t14-,15+/m1/s1. The Morgan fingerprint density at radius 1 is 1.42 bits per heavy atom. The van der Waals surface area contributed by atoms with Crippen LogP contribution in [0.3, 0.4) is 0 Å². The summed E-state index contributed by atoms with van der Waals surface area (Å²) in [5.41, 5.74) is 2.14. The fourth-order valence-electron chi connectivity index (χ4n) is 3.50. The van der Waals surface area contributed by atoms with Gasteiger partial charge < -0.3 is 14.6 Å². The molecule has 24 heavy (non-hydrogen) atoms. The number of fused-ring (bicyclic) bond motifs is 1. The van der Waals surface area contributed by atoms with Crippen molar-refractivity contribution in [2.45, 2.75) is 45.1 Å².